The number of benzene rings is 8. The second kappa shape index (κ2) is 13.8. The van der Waals surface area contributed by atoms with Crippen LogP contribution in [-0.2, 0) is 0 Å². The molecule has 0 aliphatic heterocycles. The molecule has 0 bridgehead atoms. The highest BCUT2D eigenvalue weighted by Gasteiger charge is 2.24. The highest BCUT2D eigenvalue weighted by molar-refractivity contribution is 6.18. The van der Waals surface area contributed by atoms with Crippen molar-refractivity contribution >= 4 is 55.6 Å². The summed E-state index contributed by atoms with van der Waals surface area (Å²) in [7, 11) is 0. The van der Waals surface area contributed by atoms with E-state index in [-0.39, 0.29) is 0 Å². The number of para-hydroxylation sites is 1. The smallest absolute Gasteiger partial charge is 0.165 e. The maximum atomic E-state index is 6.62. The summed E-state index contributed by atoms with van der Waals surface area (Å²) in [6.45, 7) is 6.35. The van der Waals surface area contributed by atoms with Crippen molar-refractivity contribution in [1.29, 1.82) is 0 Å². The van der Waals surface area contributed by atoms with E-state index in [1.807, 2.05) is 85.8 Å². The van der Waals surface area contributed by atoms with Gasteiger partial charge in [-0.3, -0.25) is 0 Å². The lowest BCUT2D eigenvalue weighted by Crippen LogP contribution is -2.04. The molecule has 10 rings (SSSR count). The number of furan rings is 1. The molecule has 2 aromatic heterocycles. The van der Waals surface area contributed by atoms with Crippen LogP contribution < -0.4 is 0 Å². The second-order valence-electron chi connectivity index (χ2n) is 13.9. The van der Waals surface area contributed by atoms with Crippen LogP contribution in [0.15, 0.2) is 181 Å². The molecular formula is C52H35N3O. The van der Waals surface area contributed by atoms with Gasteiger partial charge in [0.25, 0.3) is 0 Å². The maximum Gasteiger partial charge on any atom is 0.165 e. The molecule has 0 aliphatic carbocycles. The Hall–Kier alpha value is -7.43. The summed E-state index contributed by atoms with van der Waals surface area (Å²) in [6.07, 6.45) is 6.17. The van der Waals surface area contributed by atoms with Crippen molar-refractivity contribution in [2.24, 2.45) is 0 Å². The third kappa shape index (κ3) is 5.50. The summed E-state index contributed by atoms with van der Waals surface area (Å²) in [6, 6.07) is 56.8. The Kier molecular flexibility index (Phi) is 8.15. The molecule has 0 saturated carbocycles. The van der Waals surface area contributed by atoms with Gasteiger partial charge in [0.05, 0.1) is 0 Å². The molecule has 0 fully saturated rings. The molecule has 0 amide bonds. The topological polar surface area (TPSA) is 51.8 Å². The van der Waals surface area contributed by atoms with E-state index in [2.05, 4.69) is 110 Å². The molecule has 0 N–H and O–H groups in total. The minimum Gasteiger partial charge on any atom is -0.455 e. The summed E-state index contributed by atoms with van der Waals surface area (Å²) in [4.78, 5) is 15.5. The average molecular weight is 718 g/mol. The molecule has 0 aliphatic rings. The van der Waals surface area contributed by atoms with Crippen LogP contribution in [0.5, 0.6) is 0 Å². The van der Waals surface area contributed by atoms with Gasteiger partial charge in [-0.25, -0.2) is 15.0 Å². The fourth-order valence-electron chi connectivity index (χ4n) is 8.11. The Morgan fingerprint density at radius 2 is 0.982 bits per heavy atom. The summed E-state index contributed by atoms with van der Waals surface area (Å²) in [5.74, 6) is 1.82. The molecule has 10 aromatic rings. The van der Waals surface area contributed by atoms with E-state index < -0.39 is 0 Å². The third-order valence-corrected chi connectivity index (χ3v) is 10.6. The van der Waals surface area contributed by atoms with Crippen molar-refractivity contribution in [3.05, 3.63) is 188 Å². The summed E-state index contributed by atoms with van der Waals surface area (Å²) in [5, 5.41) is 6.75. The minimum atomic E-state index is 0.594. The molecule has 8 aromatic carbocycles. The number of hydrogen-bond donors (Lipinski definition) is 0. The molecule has 0 radical (unpaired) electrons. The van der Waals surface area contributed by atoms with E-state index in [1.54, 1.807) is 0 Å². The molecule has 0 spiro atoms. The van der Waals surface area contributed by atoms with Gasteiger partial charge in [-0.05, 0) is 62.9 Å². The van der Waals surface area contributed by atoms with Crippen LogP contribution in [0.4, 0.5) is 0 Å². The Morgan fingerprint density at radius 3 is 1.62 bits per heavy atom. The SMILES string of the molecule is C=Cc1c(/C=C\C)c(-c2nc(-c3ccccc3)nc(-c3ccccc3)n2)c(-c2ccc(-c3c4ccccc4cc4c3oc3ccccc34)cc2)c2ccccc12. The first-order valence-corrected chi connectivity index (χ1v) is 18.8. The number of rotatable bonds is 7. The van der Waals surface area contributed by atoms with Crippen molar-refractivity contribution in [3.63, 3.8) is 0 Å². The van der Waals surface area contributed by atoms with Crippen LogP contribution in [0.1, 0.15) is 18.1 Å². The van der Waals surface area contributed by atoms with Gasteiger partial charge in [0, 0.05) is 38.6 Å². The fourth-order valence-corrected chi connectivity index (χ4v) is 8.11. The first-order valence-electron chi connectivity index (χ1n) is 18.8. The number of fused-ring (bicyclic) bond motifs is 5. The third-order valence-electron chi connectivity index (χ3n) is 10.6. The number of nitrogens with zero attached hydrogens (tertiary/aromatic N) is 3. The van der Waals surface area contributed by atoms with Crippen molar-refractivity contribution < 1.29 is 4.42 Å². The van der Waals surface area contributed by atoms with Gasteiger partial charge in [0.1, 0.15) is 11.2 Å². The van der Waals surface area contributed by atoms with E-state index in [9.17, 15) is 0 Å². The summed E-state index contributed by atoms with van der Waals surface area (Å²) < 4.78 is 6.62. The van der Waals surface area contributed by atoms with Crippen molar-refractivity contribution in [1.82, 2.24) is 15.0 Å². The van der Waals surface area contributed by atoms with Crippen LogP contribution in [-0.4, -0.2) is 15.0 Å². The van der Waals surface area contributed by atoms with Gasteiger partial charge in [0.15, 0.2) is 17.5 Å². The van der Waals surface area contributed by atoms with Gasteiger partial charge in [0.2, 0.25) is 0 Å². The molecule has 56 heavy (non-hydrogen) atoms. The lowest BCUT2D eigenvalue weighted by atomic mass is 9.84. The Labute approximate surface area is 324 Å². The van der Waals surface area contributed by atoms with Crippen molar-refractivity contribution in [3.8, 4) is 56.4 Å². The molecule has 0 atom stereocenters. The van der Waals surface area contributed by atoms with Gasteiger partial charge in [-0.2, -0.15) is 0 Å². The molecule has 0 unspecified atom stereocenters. The molecule has 4 heteroatoms. The van der Waals surface area contributed by atoms with E-state index in [0.29, 0.717) is 17.5 Å². The van der Waals surface area contributed by atoms with Gasteiger partial charge in [-0.1, -0.05) is 176 Å². The predicted octanol–water partition coefficient (Wildman–Crippen LogP) is 14.1. The molecule has 2 heterocycles. The zero-order valence-corrected chi connectivity index (χ0v) is 30.8. The minimum absolute atomic E-state index is 0.594. The number of hydrogen-bond acceptors (Lipinski definition) is 4. The molecule has 264 valence electrons. The van der Waals surface area contributed by atoms with Crippen LogP contribution in [0.25, 0.3) is 112 Å². The van der Waals surface area contributed by atoms with Gasteiger partial charge >= 0.3 is 0 Å². The van der Waals surface area contributed by atoms with Gasteiger partial charge in [-0.15, -0.1) is 0 Å². The largest absolute Gasteiger partial charge is 0.455 e. The van der Waals surface area contributed by atoms with Crippen molar-refractivity contribution in [2.45, 2.75) is 6.92 Å². The first-order chi connectivity index (χ1) is 27.7. The summed E-state index contributed by atoms with van der Waals surface area (Å²) >= 11 is 0. The lowest BCUT2D eigenvalue weighted by Gasteiger charge is -2.20. The van der Waals surface area contributed by atoms with E-state index >= 15 is 0 Å². The predicted molar refractivity (Wildman–Crippen MR) is 234 cm³/mol. The molecular weight excluding hydrogens is 683 g/mol. The first kappa shape index (κ1) is 33.2. The highest BCUT2D eigenvalue weighted by Crippen LogP contribution is 2.46. The number of aromatic nitrogens is 3. The van der Waals surface area contributed by atoms with E-state index in [0.717, 1.165) is 88.2 Å². The Bertz CT molecular complexity index is 3080. The van der Waals surface area contributed by atoms with Crippen LogP contribution in [0, 0.1) is 0 Å². The average Bonchev–Trinajstić information content (AvgIpc) is 3.64. The highest BCUT2D eigenvalue weighted by atomic mass is 16.3. The Morgan fingerprint density at radius 1 is 0.446 bits per heavy atom. The fraction of sp³-hybridized carbons (Fsp3) is 0.0192. The quantitative estimate of drug-likeness (QED) is 0.165. The van der Waals surface area contributed by atoms with Crippen LogP contribution in [0.3, 0.4) is 0 Å². The van der Waals surface area contributed by atoms with Gasteiger partial charge < -0.3 is 4.42 Å². The normalized spacial score (nSPS) is 11.7. The van der Waals surface area contributed by atoms with E-state index in [4.69, 9.17) is 19.4 Å². The zero-order chi connectivity index (χ0) is 37.6. The standard InChI is InChI=1S/C52H35N3O/c1-3-17-42-38(4-2)40-24-13-14-26-43(40)46(48(42)52-54-50(35-18-7-5-8-19-35)53-51(55-52)36-20-9-6-10-21-36)33-28-30-34(31-29-33)47-39-23-12-11-22-37(39)32-44-41-25-15-16-27-45(41)56-49(44)47/h3-32H,2H2,1H3/b17-3-. The number of allylic oxidation sites excluding steroid dienone is 1. The Balaban J connectivity index is 1.26. The second-order valence-corrected chi connectivity index (χ2v) is 13.9. The summed E-state index contributed by atoms with van der Waals surface area (Å²) in [5.41, 5.74) is 10.8. The zero-order valence-electron chi connectivity index (χ0n) is 30.8. The molecule has 0 saturated heterocycles. The van der Waals surface area contributed by atoms with Crippen LogP contribution >= 0.6 is 0 Å². The van der Waals surface area contributed by atoms with Crippen LogP contribution in [0.2, 0.25) is 0 Å². The lowest BCUT2D eigenvalue weighted by molar-refractivity contribution is 0.670. The van der Waals surface area contributed by atoms with Crippen molar-refractivity contribution in [2.75, 3.05) is 0 Å². The van der Waals surface area contributed by atoms with E-state index in [1.165, 1.54) is 5.39 Å². The maximum absolute atomic E-state index is 6.62. The molecule has 4 nitrogen and oxygen atoms in total. The monoisotopic (exact) mass is 717 g/mol.